The van der Waals surface area contributed by atoms with Crippen LogP contribution in [-0.2, 0) is 12.0 Å². The Morgan fingerprint density at radius 2 is 1.86 bits per heavy atom. The average Bonchev–Trinajstić information content (AvgIpc) is 2.40. The lowest BCUT2D eigenvalue weighted by molar-refractivity contribution is 0.409. The highest BCUT2D eigenvalue weighted by Gasteiger charge is 2.24. The molecular formula is C18H22FNO. The minimum absolute atomic E-state index is 0.231. The number of aryl methyl sites for hydroxylation is 2. The third kappa shape index (κ3) is 3.42. The molecule has 0 aliphatic heterocycles. The molecule has 0 saturated heterocycles. The van der Waals surface area contributed by atoms with Gasteiger partial charge in [-0.1, -0.05) is 18.2 Å². The van der Waals surface area contributed by atoms with Crippen molar-refractivity contribution < 1.29 is 9.13 Å². The van der Waals surface area contributed by atoms with Crippen LogP contribution in [0.1, 0.15) is 29.2 Å². The average molecular weight is 287 g/mol. The first kappa shape index (κ1) is 15.5. The molecule has 0 saturated carbocycles. The Hall–Kier alpha value is -1.87. The van der Waals surface area contributed by atoms with Gasteiger partial charge >= 0.3 is 0 Å². The summed E-state index contributed by atoms with van der Waals surface area (Å²) in [6.45, 7) is 6.00. The summed E-state index contributed by atoms with van der Waals surface area (Å²) in [5.74, 6) is 0.628. The van der Waals surface area contributed by atoms with Crippen molar-refractivity contribution in [2.24, 2.45) is 5.73 Å². The molecule has 3 heteroatoms. The van der Waals surface area contributed by atoms with Crippen LogP contribution in [0.4, 0.5) is 4.39 Å². The molecule has 0 aliphatic rings. The van der Waals surface area contributed by atoms with Crippen LogP contribution in [0, 0.1) is 19.7 Å². The third-order valence-electron chi connectivity index (χ3n) is 3.82. The summed E-state index contributed by atoms with van der Waals surface area (Å²) < 4.78 is 18.7. The SMILES string of the molecule is COc1cc(C)c(C(C)(N)Cc2cccc(F)c2)cc1C. The smallest absolute Gasteiger partial charge is 0.123 e. The summed E-state index contributed by atoms with van der Waals surface area (Å²) in [4.78, 5) is 0. The monoisotopic (exact) mass is 287 g/mol. The lowest BCUT2D eigenvalue weighted by Gasteiger charge is -2.28. The summed E-state index contributed by atoms with van der Waals surface area (Å²) in [6.07, 6.45) is 0.581. The van der Waals surface area contributed by atoms with Crippen molar-refractivity contribution in [2.45, 2.75) is 32.7 Å². The molecule has 1 unspecified atom stereocenters. The molecule has 0 bridgehead atoms. The van der Waals surface area contributed by atoms with Crippen molar-refractivity contribution in [3.05, 3.63) is 64.5 Å². The van der Waals surface area contributed by atoms with E-state index in [0.29, 0.717) is 6.42 Å². The first-order valence-electron chi connectivity index (χ1n) is 7.02. The number of nitrogens with two attached hydrogens (primary N) is 1. The van der Waals surface area contributed by atoms with Gasteiger partial charge in [-0.15, -0.1) is 0 Å². The second-order valence-electron chi connectivity index (χ2n) is 5.86. The highest BCUT2D eigenvalue weighted by Crippen LogP contribution is 2.31. The fourth-order valence-electron chi connectivity index (χ4n) is 2.79. The van der Waals surface area contributed by atoms with Gasteiger partial charge in [0, 0.05) is 5.54 Å². The maximum Gasteiger partial charge on any atom is 0.123 e. The van der Waals surface area contributed by atoms with Crippen molar-refractivity contribution in [3.63, 3.8) is 0 Å². The lowest BCUT2D eigenvalue weighted by atomic mass is 9.83. The molecular weight excluding hydrogens is 265 g/mol. The first-order chi connectivity index (χ1) is 9.83. The number of halogens is 1. The van der Waals surface area contributed by atoms with Crippen LogP contribution in [0.25, 0.3) is 0 Å². The van der Waals surface area contributed by atoms with Gasteiger partial charge in [0.15, 0.2) is 0 Å². The van der Waals surface area contributed by atoms with E-state index in [0.717, 1.165) is 28.0 Å². The first-order valence-corrected chi connectivity index (χ1v) is 7.02. The van der Waals surface area contributed by atoms with Crippen LogP contribution >= 0.6 is 0 Å². The fourth-order valence-corrected chi connectivity index (χ4v) is 2.79. The van der Waals surface area contributed by atoms with E-state index in [4.69, 9.17) is 10.5 Å². The van der Waals surface area contributed by atoms with Crippen LogP contribution in [0.15, 0.2) is 36.4 Å². The molecule has 0 heterocycles. The quantitative estimate of drug-likeness (QED) is 0.926. The van der Waals surface area contributed by atoms with Crippen molar-refractivity contribution in [2.75, 3.05) is 7.11 Å². The van der Waals surface area contributed by atoms with E-state index in [-0.39, 0.29) is 5.82 Å². The van der Waals surface area contributed by atoms with Crippen molar-refractivity contribution in [3.8, 4) is 5.75 Å². The predicted molar refractivity (Wildman–Crippen MR) is 84.1 cm³/mol. The van der Waals surface area contributed by atoms with E-state index in [1.54, 1.807) is 13.2 Å². The molecule has 2 nitrogen and oxygen atoms in total. The Morgan fingerprint density at radius 3 is 2.48 bits per heavy atom. The van der Waals surface area contributed by atoms with E-state index in [1.165, 1.54) is 12.1 Å². The van der Waals surface area contributed by atoms with Gasteiger partial charge in [-0.3, -0.25) is 0 Å². The molecule has 0 amide bonds. The maximum atomic E-state index is 13.3. The minimum Gasteiger partial charge on any atom is -0.496 e. The summed E-state index contributed by atoms with van der Waals surface area (Å²) >= 11 is 0. The molecule has 21 heavy (non-hydrogen) atoms. The van der Waals surface area contributed by atoms with Gasteiger partial charge in [0.05, 0.1) is 7.11 Å². The summed E-state index contributed by atoms with van der Waals surface area (Å²) in [5, 5.41) is 0. The molecule has 0 aromatic heterocycles. The van der Waals surface area contributed by atoms with E-state index in [1.807, 2.05) is 32.9 Å². The van der Waals surface area contributed by atoms with Crippen molar-refractivity contribution >= 4 is 0 Å². The predicted octanol–water partition coefficient (Wildman–Crippen LogP) is 3.87. The van der Waals surface area contributed by atoms with E-state index < -0.39 is 5.54 Å². The molecule has 0 aliphatic carbocycles. The van der Waals surface area contributed by atoms with Gasteiger partial charge in [0.1, 0.15) is 11.6 Å². The number of ether oxygens (including phenoxy) is 1. The van der Waals surface area contributed by atoms with Crippen LogP contribution in [0.3, 0.4) is 0 Å². The summed E-state index contributed by atoms with van der Waals surface area (Å²) in [6, 6.07) is 10.7. The largest absolute Gasteiger partial charge is 0.496 e. The molecule has 0 fully saturated rings. The molecule has 112 valence electrons. The Morgan fingerprint density at radius 1 is 1.14 bits per heavy atom. The zero-order chi connectivity index (χ0) is 15.6. The molecule has 2 N–H and O–H groups in total. The maximum absolute atomic E-state index is 13.3. The molecule has 1 atom stereocenters. The van der Waals surface area contributed by atoms with Gasteiger partial charge in [-0.05, 0) is 67.6 Å². The van der Waals surface area contributed by atoms with Crippen molar-refractivity contribution in [1.82, 2.24) is 0 Å². The van der Waals surface area contributed by atoms with Crippen LogP contribution in [0.5, 0.6) is 5.75 Å². The van der Waals surface area contributed by atoms with Gasteiger partial charge in [-0.2, -0.15) is 0 Å². The van der Waals surface area contributed by atoms with E-state index >= 15 is 0 Å². The topological polar surface area (TPSA) is 35.2 Å². The van der Waals surface area contributed by atoms with Crippen LogP contribution < -0.4 is 10.5 Å². The summed E-state index contributed by atoms with van der Waals surface area (Å²) in [7, 11) is 1.66. The third-order valence-corrected chi connectivity index (χ3v) is 3.82. The Bertz CT molecular complexity index is 650. The number of hydrogen-bond donors (Lipinski definition) is 1. The molecule has 0 spiro atoms. The molecule has 2 aromatic carbocycles. The van der Waals surface area contributed by atoms with Gasteiger partial charge in [-0.25, -0.2) is 4.39 Å². The van der Waals surface area contributed by atoms with Crippen molar-refractivity contribution in [1.29, 1.82) is 0 Å². The molecule has 2 aromatic rings. The summed E-state index contributed by atoms with van der Waals surface area (Å²) in [5.41, 5.74) is 10.0. The minimum atomic E-state index is -0.561. The Kier molecular flexibility index (Phi) is 4.33. The lowest BCUT2D eigenvalue weighted by Crippen LogP contribution is -2.36. The highest BCUT2D eigenvalue weighted by atomic mass is 19.1. The Balaban J connectivity index is 2.37. The van der Waals surface area contributed by atoms with Gasteiger partial charge < -0.3 is 10.5 Å². The number of methoxy groups -OCH3 is 1. The fraction of sp³-hybridized carbons (Fsp3) is 0.333. The standard InChI is InChI=1S/C18H22FNO/c1-12-9-17(21-4)13(2)8-16(12)18(3,20)11-14-6-5-7-15(19)10-14/h5-10H,11,20H2,1-4H3. The highest BCUT2D eigenvalue weighted by molar-refractivity contribution is 5.45. The Labute approximate surface area is 125 Å². The number of rotatable bonds is 4. The zero-order valence-electron chi connectivity index (χ0n) is 13.0. The van der Waals surface area contributed by atoms with Gasteiger partial charge in [0.2, 0.25) is 0 Å². The van der Waals surface area contributed by atoms with Crippen LogP contribution in [-0.4, -0.2) is 7.11 Å². The van der Waals surface area contributed by atoms with Gasteiger partial charge in [0.25, 0.3) is 0 Å². The second kappa shape index (κ2) is 5.86. The normalized spacial score (nSPS) is 13.8. The molecule has 2 rings (SSSR count). The van der Waals surface area contributed by atoms with E-state index in [9.17, 15) is 4.39 Å². The van der Waals surface area contributed by atoms with E-state index in [2.05, 4.69) is 6.07 Å². The number of hydrogen-bond acceptors (Lipinski definition) is 2. The second-order valence-corrected chi connectivity index (χ2v) is 5.86. The zero-order valence-corrected chi connectivity index (χ0v) is 13.0. The molecule has 0 radical (unpaired) electrons. The van der Waals surface area contributed by atoms with Crippen LogP contribution in [0.2, 0.25) is 0 Å². The number of benzene rings is 2.